The average molecular weight is 285 g/mol. The number of nitrogens with zero attached hydrogens (tertiary/aromatic N) is 1. The summed E-state index contributed by atoms with van der Waals surface area (Å²) in [5, 5.41) is 3.77. The predicted molar refractivity (Wildman–Crippen MR) is 71.3 cm³/mol. The van der Waals surface area contributed by atoms with Gasteiger partial charge < -0.3 is 5.32 Å². The quantitative estimate of drug-likeness (QED) is 0.431. The Balaban J connectivity index is 2.75. The molecule has 0 aromatic heterocycles. The average Bonchev–Trinajstić information content (AvgIpc) is 2.47. The molecule has 0 bridgehead atoms. The van der Waals surface area contributed by atoms with Crippen LogP contribution >= 0.6 is 0 Å². The minimum atomic E-state index is -1.15. The lowest BCUT2D eigenvalue weighted by molar-refractivity contribution is -0.193. The second-order valence-corrected chi connectivity index (χ2v) is 4.71. The van der Waals surface area contributed by atoms with Crippen LogP contribution in [-0.2, 0) is 14.5 Å². The Labute approximate surface area is 117 Å². The van der Waals surface area contributed by atoms with Crippen LogP contribution in [0.5, 0.6) is 0 Å². The van der Waals surface area contributed by atoms with Gasteiger partial charge in [0.2, 0.25) is 5.91 Å². The van der Waals surface area contributed by atoms with E-state index in [9.17, 15) is 14.1 Å². The third kappa shape index (κ3) is 4.06. The second kappa shape index (κ2) is 7.64. The first kappa shape index (κ1) is 16.2. The zero-order valence-corrected chi connectivity index (χ0v) is 11.6. The molecule has 3 N–H and O–H groups in total. The highest BCUT2D eigenvalue weighted by molar-refractivity contribution is 5.85. The number of carbonyl (C=O) groups is 2. The number of dihydropyridines is 1. The highest BCUT2D eigenvalue weighted by Gasteiger charge is 2.34. The van der Waals surface area contributed by atoms with Gasteiger partial charge in [0.1, 0.15) is 0 Å². The SMILES string of the molecule is CCC(C)[C@@H](C(=O)OF)N(N)C(=O)CC1=CC=CCN1. The number of amides is 1. The molecule has 1 heterocycles. The molecular weight excluding hydrogens is 265 g/mol. The molecule has 0 saturated heterocycles. The molecule has 1 unspecified atom stereocenters. The number of allylic oxidation sites excluding steroid dienone is 2. The van der Waals surface area contributed by atoms with E-state index in [4.69, 9.17) is 5.84 Å². The fraction of sp³-hybridized carbons (Fsp3) is 0.538. The summed E-state index contributed by atoms with van der Waals surface area (Å²) in [5.74, 6) is 3.74. The molecule has 1 aliphatic heterocycles. The van der Waals surface area contributed by atoms with E-state index in [1.165, 1.54) is 0 Å². The number of nitrogens with one attached hydrogen (secondary N) is 1. The van der Waals surface area contributed by atoms with Gasteiger partial charge in [-0.15, -0.1) is 0 Å². The molecule has 1 aliphatic rings. The maximum atomic E-state index is 12.1. The van der Waals surface area contributed by atoms with Crippen LogP contribution in [0.2, 0.25) is 0 Å². The van der Waals surface area contributed by atoms with Crippen LogP contribution in [0, 0.1) is 5.92 Å². The van der Waals surface area contributed by atoms with Gasteiger partial charge in [0.05, 0.1) is 6.42 Å². The second-order valence-electron chi connectivity index (χ2n) is 4.71. The zero-order valence-electron chi connectivity index (χ0n) is 11.6. The van der Waals surface area contributed by atoms with E-state index in [0.29, 0.717) is 18.7 Å². The topological polar surface area (TPSA) is 84.7 Å². The zero-order chi connectivity index (χ0) is 15.1. The van der Waals surface area contributed by atoms with E-state index in [1.807, 2.05) is 19.1 Å². The first-order chi connectivity index (χ1) is 9.51. The van der Waals surface area contributed by atoms with E-state index in [2.05, 4.69) is 10.3 Å². The highest BCUT2D eigenvalue weighted by atomic mass is 19.3. The van der Waals surface area contributed by atoms with Crippen molar-refractivity contribution >= 4 is 11.9 Å². The Morgan fingerprint density at radius 2 is 2.30 bits per heavy atom. The third-order valence-electron chi connectivity index (χ3n) is 3.31. The summed E-state index contributed by atoms with van der Waals surface area (Å²) in [4.78, 5) is 26.7. The molecule has 0 fully saturated rings. The van der Waals surface area contributed by atoms with Crippen molar-refractivity contribution in [3.05, 3.63) is 23.9 Å². The molecule has 1 amide bonds. The number of hydrogen-bond acceptors (Lipinski definition) is 5. The Morgan fingerprint density at radius 1 is 1.60 bits per heavy atom. The number of carbonyl (C=O) groups excluding carboxylic acids is 2. The molecule has 0 spiro atoms. The van der Waals surface area contributed by atoms with E-state index in [-0.39, 0.29) is 12.3 Å². The highest BCUT2D eigenvalue weighted by Crippen LogP contribution is 2.16. The summed E-state index contributed by atoms with van der Waals surface area (Å²) in [6.07, 6.45) is 6.05. The molecule has 0 radical (unpaired) electrons. The minimum absolute atomic E-state index is 0.0212. The normalized spacial score (nSPS) is 16.7. The number of hydrogen-bond donors (Lipinski definition) is 2. The molecule has 112 valence electrons. The van der Waals surface area contributed by atoms with Crippen molar-refractivity contribution in [3.63, 3.8) is 0 Å². The molecule has 0 aliphatic carbocycles. The largest absolute Gasteiger partial charge is 0.384 e. The van der Waals surface area contributed by atoms with E-state index in [1.54, 1.807) is 13.0 Å². The van der Waals surface area contributed by atoms with E-state index < -0.39 is 17.9 Å². The monoisotopic (exact) mass is 285 g/mol. The summed E-state index contributed by atoms with van der Waals surface area (Å²) in [5.41, 5.74) is 0.699. The smallest absolute Gasteiger partial charge is 0.372 e. The van der Waals surface area contributed by atoms with Gasteiger partial charge in [-0.3, -0.25) is 14.7 Å². The first-order valence-corrected chi connectivity index (χ1v) is 6.50. The lowest BCUT2D eigenvalue weighted by Crippen LogP contribution is -2.53. The predicted octanol–water partition coefficient (Wildman–Crippen LogP) is 0.965. The van der Waals surface area contributed by atoms with Gasteiger partial charge in [-0.05, 0) is 12.0 Å². The van der Waals surface area contributed by atoms with Crippen LogP contribution < -0.4 is 11.2 Å². The van der Waals surface area contributed by atoms with E-state index in [0.717, 1.165) is 5.01 Å². The third-order valence-corrected chi connectivity index (χ3v) is 3.31. The molecular formula is C13H20FN3O3. The molecule has 2 atom stereocenters. The first-order valence-electron chi connectivity index (χ1n) is 6.50. The van der Waals surface area contributed by atoms with Crippen molar-refractivity contribution in [1.29, 1.82) is 0 Å². The van der Waals surface area contributed by atoms with Crippen LogP contribution in [0.25, 0.3) is 0 Å². The lowest BCUT2D eigenvalue weighted by Gasteiger charge is -2.29. The summed E-state index contributed by atoms with van der Waals surface area (Å²) in [7, 11) is 0. The van der Waals surface area contributed by atoms with Crippen molar-refractivity contribution in [2.75, 3.05) is 6.54 Å². The van der Waals surface area contributed by atoms with Crippen LogP contribution in [0.4, 0.5) is 4.53 Å². The van der Waals surface area contributed by atoms with Crippen molar-refractivity contribution in [2.24, 2.45) is 11.8 Å². The summed E-state index contributed by atoms with van der Waals surface area (Å²) < 4.78 is 12.1. The number of rotatable bonds is 6. The van der Waals surface area contributed by atoms with Gasteiger partial charge in [-0.25, -0.2) is 10.6 Å². The standard InChI is InChI=1S/C13H20FN3O3/c1-3-9(2)12(13(19)20-14)17(15)11(18)8-10-6-4-5-7-16-10/h4-6,9,12,16H,3,7-8,15H2,1-2H3/t9?,12-/m0/s1. The number of hydrazine groups is 1. The summed E-state index contributed by atoms with van der Waals surface area (Å²) in [6.45, 7) is 4.15. The van der Waals surface area contributed by atoms with Crippen molar-refractivity contribution < 1.29 is 19.1 Å². The fourth-order valence-corrected chi connectivity index (χ4v) is 1.92. The van der Waals surface area contributed by atoms with Crippen molar-refractivity contribution in [1.82, 2.24) is 10.3 Å². The van der Waals surface area contributed by atoms with Crippen molar-refractivity contribution in [2.45, 2.75) is 32.7 Å². The maximum Gasteiger partial charge on any atom is 0.372 e. The van der Waals surface area contributed by atoms with Crippen LogP contribution in [-0.4, -0.2) is 29.5 Å². The van der Waals surface area contributed by atoms with Crippen LogP contribution in [0.3, 0.4) is 0 Å². The lowest BCUT2D eigenvalue weighted by atomic mass is 9.98. The van der Waals surface area contributed by atoms with Crippen molar-refractivity contribution in [3.8, 4) is 0 Å². The van der Waals surface area contributed by atoms with Gasteiger partial charge >= 0.3 is 5.97 Å². The van der Waals surface area contributed by atoms with Gasteiger partial charge in [0.15, 0.2) is 6.04 Å². The van der Waals surface area contributed by atoms with Crippen LogP contribution in [0.15, 0.2) is 23.9 Å². The van der Waals surface area contributed by atoms with E-state index >= 15 is 0 Å². The van der Waals surface area contributed by atoms with Gasteiger partial charge in [0, 0.05) is 16.8 Å². The Bertz CT molecular complexity index is 423. The maximum absolute atomic E-state index is 12.1. The minimum Gasteiger partial charge on any atom is -0.384 e. The number of halogens is 1. The Kier molecular flexibility index (Phi) is 6.17. The Morgan fingerprint density at radius 3 is 2.80 bits per heavy atom. The Hall–Kier alpha value is -1.89. The number of nitrogens with two attached hydrogens (primary N) is 1. The molecule has 7 heteroatoms. The van der Waals surface area contributed by atoms with Crippen LogP contribution in [0.1, 0.15) is 26.7 Å². The molecule has 0 aromatic carbocycles. The molecule has 1 rings (SSSR count). The van der Waals surface area contributed by atoms with Gasteiger partial charge in [-0.2, -0.15) is 0 Å². The molecule has 20 heavy (non-hydrogen) atoms. The molecule has 6 nitrogen and oxygen atoms in total. The van der Waals surface area contributed by atoms with Gasteiger partial charge in [-0.1, -0.05) is 32.4 Å². The summed E-state index contributed by atoms with van der Waals surface area (Å²) >= 11 is 0. The molecule has 0 saturated carbocycles. The fourth-order valence-electron chi connectivity index (χ4n) is 1.92. The van der Waals surface area contributed by atoms with Gasteiger partial charge in [0.25, 0.3) is 0 Å². The molecule has 0 aromatic rings. The summed E-state index contributed by atoms with van der Waals surface area (Å²) in [6, 6.07) is -1.13.